The Morgan fingerprint density at radius 3 is 2.53 bits per heavy atom. The molecule has 0 atom stereocenters. The van der Waals surface area contributed by atoms with Crippen molar-refractivity contribution in [1.29, 1.82) is 0 Å². The number of likely N-dealkylation sites (N-methyl/N-ethyl adjacent to an activating group) is 1. The van der Waals surface area contributed by atoms with Gasteiger partial charge >= 0.3 is 0 Å². The first-order chi connectivity index (χ1) is 9.19. The van der Waals surface area contributed by atoms with Gasteiger partial charge in [-0.15, -0.1) is 0 Å². The largest absolute Gasteiger partial charge is 0.301 e. The van der Waals surface area contributed by atoms with Crippen molar-refractivity contribution in [2.45, 2.75) is 13.3 Å². The maximum Gasteiger partial charge on any atom is 0.164 e. The predicted octanol–water partition coefficient (Wildman–Crippen LogP) is 2.55. The molecule has 1 fully saturated rings. The van der Waals surface area contributed by atoms with E-state index in [-0.39, 0.29) is 5.78 Å². The highest BCUT2D eigenvalue weighted by Gasteiger charge is 2.16. The Labute approximate surface area is 120 Å². The van der Waals surface area contributed by atoms with Gasteiger partial charge in [0.1, 0.15) is 0 Å². The predicted molar refractivity (Wildman–Crippen MR) is 79.0 cm³/mol. The third-order valence-electron chi connectivity index (χ3n) is 3.71. The molecule has 0 radical (unpaired) electrons. The Balaban J connectivity index is 1.78. The maximum absolute atomic E-state index is 12.1. The Morgan fingerprint density at radius 2 is 1.89 bits per heavy atom. The summed E-state index contributed by atoms with van der Waals surface area (Å²) in [7, 11) is 0. The quantitative estimate of drug-likeness (QED) is 0.775. The Morgan fingerprint density at radius 1 is 1.21 bits per heavy atom. The number of hydrogen-bond donors (Lipinski definition) is 0. The van der Waals surface area contributed by atoms with Crippen molar-refractivity contribution in [1.82, 2.24) is 9.80 Å². The topological polar surface area (TPSA) is 23.6 Å². The zero-order valence-corrected chi connectivity index (χ0v) is 12.2. The summed E-state index contributed by atoms with van der Waals surface area (Å²) in [6.45, 7) is 8.52. The molecule has 0 unspecified atom stereocenters. The van der Waals surface area contributed by atoms with Gasteiger partial charge in [0.25, 0.3) is 0 Å². The van der Waals surface area contributed by atoms with Gasteiger partial charge in [0, 0.05) is 49.7 Å². The molecule has 0 saturated carbocycles. The molecule has 3 nitrogen and oxygen atoms in total. The van der Waals surface area contributed by atoms with Gasteiger partial charge in [-0.25, -0.2) is 0 Å². The van der Waals surface area contributed by atoms with Crippen LogP contribution in [-0.2, 0) is 0 Å². The summed E-state index contributed by atoms with van der Waals surface area (Å²) in [5, 5.41) is 0.627. The lowest BCUT2D eigenvalue weighted by Crippen LogP contribution is -2.46. The second kappa shape index (κ2) is 7.04. The molecule has 1 saturated heterocycles. The number of halogens is 1. The van der Waals surface area contributed by atoms with Crippen LogP contribution in [0.2, 0.25) is 5.02 Å². The van der Waals surface area contributed by atoms with Crippen LogP contribution in [0.25, 0.3) is 0 Å². The van der Waals surface area contributed by atoms with Crippen molar-refractivity contribution in [3.05, 3.63) is 34.9 Å². The Hall–Kier alpha value is -0.900. The first kappa shape index (κ1) is 14.5. The highest BCUT2D eigenvalue weighted by Crippen LogP contribution is 2.13. The van der Waals surface area contributed by atoms with Crippen LogP contribution in [0.5, 0.6) is 0 Å². The number of carbonyl (C=O) groups excluding carboxylic acids is 1. The van der Waals surface area contributed by atoms with Gasteiger partial charge in [0.05, 0.1) is 0 Å². The molecule has 0 aromatic heterocycles. The van der Waals surface area contributed by atoms with Gasteiger partial charge in [-0.1, -0.05) is 30.7 Å². The van der Waals surface area contributed by atoms with Crippen LogP contribution < -0.4 is 0 Å². The minimum atomic E-state index is 0.181. The van der Waals surface area contributed by atoms with E-state index in [9.17, 15) is 4.79 Å². The summed E-state index contributed by atoms with van der Waals surface area (Å²) in [5.74, 6) is 0.181. The fourth-order valence-electron chi connectivity index (χ4n) is 2.40. The lowest BCUT2D eigenvalue weighted by molar-refractivity contribution is 0.0932. The van der Waals surface area contributed by atoms with Crippen LogP contribution in [0.1, 0.15) is 23.7 Å². The highest BCUT2D eigenvalue weighted by atomic mass is 35.5. The maximum atomic E-state index is 12.1. The fourth-order valence-corrected chi connectivity index (χ4v) is 2.59. The van der Waals surface area contributed by atoms with Crippen molar-refractivity contribution in [2.75, 3.05) is 39.3 Å². The van der Waals surface area contributed by atoms with Crippen molar-refractivity contribution in [2.24, 2.45) is 0 Å². The summed E-state index contributed by atoms with van der Waals surface area (Å²) in [6.07, 6.45) is 0.576. The summed E-state index contributed by atoms with van der Waals surface area (Å²) >= 11 is 5.90. The highest BCUT2D eigenvalue weighted by molar-refractivity contribution is 6.31. The van der Waals surface area contributed by atoms with E-state index >= 15 is 0 Å². The molecule has 1 heterocycles. The molecule has 2 rings (SSSR count). The monoisotopic (exact) mass is 280 g/mol. The standard InChI is InChI=1S/C15H21ClN2O/c1-2-17-8-10-18(11-9-17)7-6-15(19)13-4-3-5-14(16)12-13/h3-5,12H,2,6-11H2,1H3. The Bertz CT molecular complexity index is 428. The van der Waals surface area contributed by atoms with Gasteiger partial charge in [-0.05, 0) is 18.7 Å². The molecule has 0 amide bonds. The summed E-state index contributed by atoms with van der Waals surface area (Å²) in [4.78, 5) is 16.9. The van der Waals surface area contributed by atoms with Crippen LogP contribution in [0, 0.1) is 0 Å². The normalized spacial score (nSPS) is 17.6. The minimum Gasteiger partial charge on any atom is -0.301 e. The van der Waals surface area contributed by atoms with Gasteiger partial charge in [0.2, 0.25) is 0 Å². The molecule has 0 spiro atoms. The third-order valence-corrected chi connectivity index (χ3v) is 3.95. The lowest BCUT2D eigenvalue weighted by atomic mass is 10.1. The van der Waals surface area contributed by atoms with Gasteiger partial charge in [-0.3, -0.25) is 4.79 Å². The molecule has 0 bridgehead atoms. The number of hydrogen-bond acceptors (Lipinski definition) is 3. The van der Waals surface area contributed by atoms with E-state index in [0.717, 1.165) is 44.8 Å². The Kier molecular flexibility index (Phi) is 5.37. The number of benzene rings is 1. The molecule has 0 N–H and O–H groups in total. The molecule has 0 aliphatic carbocycles. The fraction of sp³-hybridized carbons (Fsp3) is 0.533. The van der Waals surface area contributed by atoms with Crippen LogP contribution in [-0.4, -0.2) is 54.9 Å². The number of nitrogens with zero attached hydrogens (tertiary/aromatic N) is 2. The minimum absolute atomic E-state index is 0.181. The van der Waals surface area contributed by atoms with Gasteiger partial charge in [0.15, 0.2) is 5.78 Å². The van der Waals surface area contributed by atoms with Crippen LogP contribution >= 0.6 is 11.6 Å². The summed E-state index contributed by atoms with van der Waals surface area (Å²) < 4.78 is 0. The molecule has 19 heavy (non-hydrogen) atoms. The van der Waals surface area contributed by atoms with Crippen molar-refractivity contribution >= 4 is 17.4 Å². The first-order valence-corrected chi connectivity index (χ1v) is 7.30. The number of carbonyl (C=O) groups is 1. The molecule has 1 aliphatic rings. The van der Waals surface area contributed by atoms with Crippen LogP contribution in [0.3, 0.4) is 0 Å². The third kappa shape index (κ3) is 4.30. The van der Waals surface area contributed by atoms with E-state index in [0.29, 0.717) is 11.4 Å². The van der Waals surface area contributed by atoms with Crippen LogP contribution in [0.4, 0.5) is 0 Å². The zero-order valence-electron chi connectivity index (χ0n) is 11.4. The number of ketones is 1. The SMILES string of the molecule is CCN1CCN(CCC(=O)c2cccc(Cl)c2)CC1. The molecular weight excluding hydrogens is 260 g/mol. The lowest BCUT2D eigenvalue weighted by Gasteiger charge is -2.33. The van der Waals surface area contributed by atoms with E-state index in [1.165, 1.54) is 0 Å². The average molecular weight is 281 g/mol. The number of Topliss-reactive ketones (excluding diaryl/α,β-unsaturated/α-hetero) is 1. The number of rotatable bonds is 5. The molecule has 1 aliphatic heterocycles. The van der Waals surface area contributed by atoms with Gasteiger partial charge in [-0.2, -0.15) is 0 Å². The second-order valence-corrected chi connectivity index (χ2v) is 5.40. The smallest absolute Gasteiger partial charge is 0.164 e. The van der Waals surface area contributed by atoms with E-state index < -0.39 is 0 Å². The van der Waals surface area contributed by atoms with Crippen LogP contribution in [0.15, 0.2) is 24.3 Å². The molecule has 1 aromatic carbocycles. The zero-order chi connectivity index (χ0) is 13.7. The average Bonchev–Trinajstić information content (AvgIpc) is 2.45. The van der Waals surface area contributed by atoms with E-state index in [1.54, 1.807) is 12.1 Å². The molecule has 1 aromatic rings. The second-order valence-electron chi connectivity index (χ2n) is 4.96. The summed E-state index contributed by atoms with van der Waals surface area (Å²) in [5.41, 5.74) is 0.722. The van der Waals surface area contributed by atoms with Crippen molar-refractivity contribution in [3.8, 4) is 0 Å². The van der Waals surface area contributed by atoms with Gasteiger partial charge < -0.3 is 9.80 Å². The molecular formula is C15H21ClN2O. The first-order valence-electron chi connectivity index (χ1n) is 6.92. The number of piperazine rings is 1. The van der Waals surface area contributed by atoms with E-state index in [1.807, 2.05) is 12.1 Å². The molecule has 104 valence electrons. The van der Waals surface area contributed by atoms with E-state index in [4.69, 9.17) is 11.6 Å². The van der Waals surface area contributed by atoms with Crippen molar-refractivity contribution in [3.63, 3.8) is 0 Å². The summed E-state index contributed by atoms with van der Waals surface area (Å²) in [6, 6.07) is 7.21. The molecule has 4 heteroatoms. The van der Waals surface area contributed by atoms with E-state index in [2.05, 4.69) is 16.7 Å². The van der Waals surface area contributed by atoms with Crippen molar-refractivity contribution < 1.29 is 4.79 Å².